The first-order chi connectivity index (χ1) is 16.6. The molecule has 0 fully saturated rings. The second kappa shape index (κ2) is 11.4. The van der Waals surface area contributed by atoms with Gasteiger partial charge in [-0.1, -0.05) is 58.0 Å². The van der Waals surface area contributed by atoms with Crippen molar-refractivity contribution >= 4 is 10.1 Å². The minimum atomic E-state index is -4.00. The summed E-state index contributed by atoms with van der Waals surface area (Å²) in [6.45, 7) is 10.5. The van der Waals surface area contributed by atoms with E-state index < -0.39 is 21.1 Å². The summed E-state index contributed by atoms with van der Waals surface area (Å²) >= 11 is 0. The topological polar surface area (TPSA) is 83.3 Å². The normalized spacial score (nSPS) is 14.9. The fourth-order valence-corrected chi connectivity index (χ4v) is 5.44. The van der Waals surface area contributed by atoms with Gasteiger partial charge >= 0.3 is 0 Å². The standard InChI is InChI=1S/C27H37N3O4S/c1-6-22-15-17-23(18-16-22)33-19-11-10-14-25(30-21-28-20-29-30)27(5,26(2,3)4)34-35(31,32)24-12-8-7-9-13-24/h7-9,12-13,15-18,20-21,25H,6,10-11,14,19H2,1-5H3. The second-order valence-electron chi connectivity index (χ2n) is 9.94. The van der Waals surface area contributed by atoms with E-state index in [0.29, 0.717) is 13.0 Å². The first kappa shape index (κ1) is 26.9. The molecule has 1 heterocycles. The Balaban J connectivity index is 1.75. The van der Waals surface area contributed by atoms with Gasteiger partial charge in [0, 0.05) is 0 Å². The summed E-state index contributed by atoms with van der Waals surface area (Å²) in [6.07, 6.45) is 6.35. The van der Waals surface area contributed by atoms with Crippen LogP contribution in [0.15, 0.2) is 72.1 Å². The number of aryl methyl sites for hydroxylation is 1. The molecular formula is C27H37N3O4S. The van der Waals surface area contributed by atoms with Crippen molar-refractivity contribution in [2.45, 2.75) is 76.8 Å². The Morgan fingerprint density at radius 1 is 0.971 bits per heavy atom. The number of ether oxygens (including phenoxy) is 1. The molecule has 3 aromatic rings. The average molecular weight is 500 g/mol. The van der Waals surface area contributed by atoms with Crippen LogP contribution in [0.2, 0.25) is 0 Å². The van der Waals surface area contributed by atoms with Crippen molar-refractivity contribution in [2.24, 2.45) is 5.41 Å². The van der Waals surface area contributed by atoms with Crippen LogP contribution < -0.4 is 4.74 Å². The highest BCUT2D eigenvalue weighted by molar-refractivity contribution is 7.86. The van der Waals surface area contributed by atoms with Crippen LogP contribution in [0.1, 0.15) is 65.5 Å². The fraction of sp³-hybridized carbons (Fsp3) is 0.481. The summed E-state index contributed by atoms with van der Waals surface area (Å²) < 4.78 is 40.2. The van der Waals surface area contributed by atoms with E-state index in [0.717, 1.165) is 25.0 Å². The summed E-state index contributed by atoms with van der Waals surface area (Å²) in [6, 6.07) is 16.1. The van der Waals surface area contributed by atoms with E-state index in [2.05, 4.69) is 29.1 Å². The molecular weight excluding hydrogens is 462 g/mol. The van der Waals surface area contributed by atoms with Crippen LogP contribution in [0, 0.1) is 5.41 Å². The highest BCUT2D eigenvalue weighted by Crippen LogP contribution is 2.45. The number of nitrogens with zero attached hydrogens (tertiary/aromatic N) is 3. The van der Waals surface area contributed by atoms with Crippen LogP contribution in [0.4, 0.5) is 0 Å². The zero-order chi connectivity index (χ0) is 25.5. The van der Waals surface area contributed by atoms with Crippen LogP contribution in [-0.2, 0) is 20.7 Å². The van der Waals surface area contributed by atoms with E-state index >= 15 is 0 Å². The Morgan fingerprint density at radius 2 is 1.66 bits per heavy atom. The molecule has 190 valence electrons. The van der Waals surface area contributed by atoms with Crippen molar-refractivity contribution in [1.82, 2.24) is 14.8 Å². The van der Waals surface area contributed by atoms with Gasteiger partial charge in [0.1, 0.15) is 24.0 Å². The zero-order valence-electron chi connectivity index (χ0n) is 21.3. The van der Waals surface area contributed by atoms with E-state index in [4.69, 9.17) is 8.92 Å². The summed E-state index contributed by atoms with van der Waals surface area (Å²) in [5, 5.41) is 4.36. The number of unbranched alkanes of at least 4 members (excludes halogenated alkanes) is 1. The molecule has 0 aliphatic carbocycles. The van der Waals surface area contributed by atoms with Crippen LogP contribution >= 0.6 is 0 Å². The summed E-state index contributed by atoms with van der Waals surface area (Å²) in [7, 11) is -4.00. The van der Waals surface area contributed by atoms with Gasteiger partial charge in [-0.3, -0.25) is 4.18 Å². The molecule has 0 bridgehead atoms. The van der Waals surface area contributed by atoms with Gasteiger partial charge in [0.05, 0.1) is 17.5 Å². The van der Waals surface area contributed by atoms with Crippen LogP contribution in [0.5, 0.6) is 5.75 Å². The van der Waals surface area contributed by atoms with E-state index in [-0.39, 0.29) is 10.9 Å². The number of hydrogen-bond donors (Lipinski definition) is 0. The molecule has 0 aliphatic rings. The Bertz CT molecular complexity index is 1140. The minimum Gasteiger partial charge on any atom is -0.494 e. The number of hydrogen-bond acceptors (Lipinski definition) is 6. The van der Waals surface area contributed by atoms with Crippen molar-refractivity contribution in [3.05, 3.63) is 72.8 Å². The van der Waals surface area contributed by atoms with Gasteiger partial charge < -0.3 is 4.74 Å². The highest BCUT2D eigenvalue weighted by atomic mass is 32.2. The Morgan fingerprint density at radius 3 is 2.23 bits per heavy atom. The summed E-state index contributed by atoms with van der Waals surface area (Å²) in [4.78, 5) is 4.25. The van der Waals surface area contributed by atoms with Crippen LogP contribution in [0.25, 0.3) is 0 Å². The van der Waals surface area contributed by atoms with Gasteiger partial charge in [-0.25, -0.2) is 9.67 Å². The van der Waals surface area contributed by atoms with Crippen LogP contribution in [-0.4, -0.2) is 35.4 Å². The molecule has 2 atom stereocenters. The predicted octanol–water partition coefficient (Wildman–Crippen LogP) is 5.84. The molecule has 0 radical (unpaired) electrons. The highest BCUT2D eigenvalue weighted by Gasteiger charge is 2.50. The molecule has 1 aromatic heterocycles. The predicted molar refractivity (Wildman–Crippen MR) is 137 cm³/mol. The molecule has 3 rings (SSSR count). The monoisotopic (exact) mass is 499 g/mol. The summed E-state index contributed by atoms with van der Waals surface area (Å²) in [5.41, 5.74) is -0.338. The SMILES string of the molecule is CCc1ccc(OCCCCC(n2cncn2)C(C)(OS(=O)(=O)c2ccccc2)C(C)(C)C)cc1. The maximum atomic E-state index is 13.3. The van der Waals surface area contributed by atoms with E-state index in [1.807, 2.05) is 39.8 Å². The lowest BCUT2D eigenvalue weighted by atomic mass is 9.72. The van der Waals surface area contributed by atoms with Crippen molar-refractivity contribution in [1.29, 1.82) is 0 Å². The Kier molecular flexibility index (Phi) is 8.72. The van der Waals surface area contributed by atoms with Crippen LogP contribution in [0.3, 0.4) is 0 Å². The van der Waals surface area contributed by atoms with Gasteiger partial charge in [0.15, 0.2) is 0 Å². The molecule has 0 spiro atoms. The minimum absolute atomic E-state index is 0.135. The lowest BCUT2D eigenvalue weighted by Crippen LogP contribution is -2.51. The third-order valence-corrected chi connectivity index (χ3v) is 8.08. The van der Waals surface area contributed by atoms with E-state index in [1.54, 1.807) is 41.3 Å². The third kappa shape index (κ3) is 6.70. The van der Waals surface area contributed by atoms with Gasteiger partial charge in [-0.05, 0) is 67.9 Å². The molecule has 2 aromatic carbocycles. The number of rotatable bonds is 12. The largest absolute Gasteiger partial charge is 0.494 e. The van der Waals surface area contributed by atoms with E-state index in [9.17, 15) is 8.42 Å². The van der Waals surface area contributed by atoms with Gasteiger partial charge in [0.2, 0.25) is 0 Å². The lowest BCUT2D eigenvalue weighted by molar-refractivity contribution is -0.0624. The fourth-order valence-electron chi connectivity index (χ4n) is 4.03. The smallest absolute Gasteiger partial charge is 0.297 e. The molecule has 7 nitrogen and oxygen atoms in total. The molecule has 8 heteroatoms. The van der Waals surface area contributed by atoms with Gasteiger partial charge in [0.25, 0.3) is 10.1 Å². The van der Waals surface area contributed by atoms with Crippen molar-refractivity contribution in [3.8, 4) is 5.75 Å². The van der Waals surface area contributed by atoms with Gasteiger partial charge in [-0.2, -0.15) is 13.5 Å². The first-order valence-electron chi connectivity index (χ1n) is 12.1. The number of aromatic nitrogens is 3. The van der Waals surface area contributed by atoms with Crippen molar-refractivity contribution in [3.63, 3.8) is 0 Å². The number of benzene rings is 2. The first-order valence-corrected chi connectivity index (χ1v) is 13.5. The Hall–Kier alpha value is -2.71. The molecule has 2 unspecified atom stereocenters. The molecule has 35 heavy (non-hydrogen) atoms. The molecule has 0 saturated heterocycles. The second-order valence-corrected chi connectivity index (χ2v) is 11.5. The maximum absolute atomic E-state index is 13.3. The third-order valence-electron chi connectivity index (χ3n) is 6.67. The molecule has 0 saturated carbocycles. The lowest BCUT2D eigenvalue weighted by Gasteiger charge is -2.46. The quantitative estimate of drug-likeness (QED) is 0.230. The average Bonchev–Trinajstić information content (AvgIpc) is 3.35. The van der Waals surface area contributed by atoms with Crippen molar-refractivity contribution in [2.75, 3.05) is 6.61 Å². The van der Waals surface area contributed by atoms with Crippen molar-refractivity contribution < 1.29 is 17.3 Å². The molecule has 0 N–H and O–H groups in total. The molecule has 0 amide bonds. The maximum Gasteiger partial charge on any atom is 0.297 e. The summed E-state index contributed by atoms with van der Waals surface area (Å²) in [5.74, 6) is 0.854. The zero-order valence-corrected chi connectivity index (χ0v) is 22.2. The Labute approximate surface area is 209 Å². The van der Waals surface area contributed by atoms with Gasteiger partial charge in [-0.15, -0.1) is 0 Å². The molecule has 0 aliphatic heterocycles. The van der Waals surface area contributed by atoms with E-state index in [1.165, 1.54) is 11.9 Å².